The first kappa shape index (κ1) is 27.1. The number of aliphatic hydroxyl groups excluding tert-OH is 1. The number of hydrogen-bond acceptors (Lipinski definition) is 6. The Labute approximate surface area is 229 Å². The van der Waals surface area contributed by atoms with E-state index >= 15 is 0 Å². The zero-order valence-corrected chi connectivity index (χ0v) is 23.9. The van der Waals surface area contributed by atoms with E-state index in [2.05, 4.69) is 26.2 Å². The fourth-order valence-corrected chi connectivity index (χ4v) is 8.35. The molecule has 1 saturated carbocycles. The molecule has 3 aliphatic rings. The third-order valence-corrected chi connectivity index (χ3v) is 10.4. The predicted molar refractivity (Wildman–Crippen MR) is 148 cm³/mol. The minimum absolute atomic E-state index is 0.0215. The highest BCUT2D eigenvalue weighted by Crippen LogP contribution is 2.57. The van der Waals surface area contributed by atoms with Gasteiger partial charge in [-0.3, -0.25) is 14.9 Å². The number of ether oxygens (including phenoxy) is 1. The number of thiazole rings is 1. The summed E-state index contributed by atoms with van der Waals surface area (Å²) in [5.41, 5.74) is 1.46. The number of rotatable bonds is 5. The van der Waals surface area contributed by atoms with Crippen LogP contribution in [0.4, 0.5) is 5.13 Å². The van der Waals surface area contributed by atoms with E-state index in [1.807, 2.05) is 11.8 Å². The first-order chi connectivity index (χ1) is 18.1. The smallest absolute Gasteiger partial charge is 0.257 e. The number of carbonyl (C=O) groups excluding carboxylic acids is 2. The molecule has 2 aliphatic carbocycles. The number of nitrogens with zero attached hydrogens (tertiary/aromatic N) is 2. The normalized spacial score (nSPS) is 30.2. The summed E-state index contributed by atoms with van der Waals surface area (Å²) in [4.78, 5) is 35.7. The Morgan fingerprint density at radius 1 is 1.26 bits per heavy atom. The van der Waals surface area contributed by atoms with Crippen LogP contribution in [0.2, 0.25) is 0 Å². The lowest BCUT2D eigenvalue weighted by molar-refractivity contribution is -0.883. The van der Waals surface area contributed by atoms with Gasteiger partial charge in [0.05, 0.1) is 52.1 Å². The molecule has 9 heteroatoms. The second-order valence-electron chi connectivity index (χ2n) is 11.9. The monoisotopic (exact) mass is 541 g/mol. The van der Waals surface area contributed by atoms with Crippen LogP contribution in [-0.4, -0.2) is 73.2 Å². The summed E-state index contributed by atoms with van der Waals surface area (Å²) < 4.78 is 5.18. The van der Waals surface area contributed by atoms with Gasteiger partial charge in [-0.15, -0.1) is 11.3 Å². The Hall–Kier alpha value is -2.49. The maximum atomic E-state index is 13.4. The summed E-state index contributed by atoms with van der Waals surface area (Å²) >= 11 is 1.54. The van der Waals surface area contributed by atoms with Crippen molar-refractivity contribution in [2.24, 2.45) is 23.2 Å². The second kappa shape index (κ2) is 10.6. The van der Waals surface area contributed by atoms with E-state index in [0.29, 0.717) is 16.4 Å². The molecule has 0 spiro atoms. The molecular formula is C29H41N4O4S+. The summed E-state index contributed by atoms with van der Waals surface area (Å²) in [6, 6.07) is 7.01. The van der Waals surface area contributed by atoms with E-state index in [4.69, 9.17) is 9.72 Å². The summed E-state index contributed by atoms with van der Waals surface area (Å²) in [7, 11) is 3.77. The van der Waals surface area contributed by atoms with Crippen molar-refractivity contribution in [3.8, 4) is 5.75 Å². The van der Waals surface area contributed by atoms with Crippen LogP contribution in [0.1, 0.15) is 60.5 Å². The van der Waals surface area contributed by atoms with Crippen LogP contribution < -0.4 is 15.0 Å². The maximum absolute atomic E-state index is 13.4. The van der Waals surface area contributed by atoms with Crippen LogP contribution in [0.3, 0.4) is 0 Å². The standard InChI is InChI=1S/C29H40N4O4S/c1-17(27(36)33-14-12-32(4)13-15-33)21-10-11-29(3)16-22-24(18(2)23(29)25(21)34)30-28(38-22)31-26(35)19-6-8-20(37-5)9-7-19/h6-9,17-18,21,23,25,34H,10-16H2,1-5H3,(H,30,31,35)/p+1/t17-,18-,21-,23+,25-,29+/m0/s1. The van der Waals surface area contributed by atoms with Crippen molar-refractivity contribution >= 4 is 28.3 Å². The number of benzene rings is 1. The molecule has 1 aromatic heterocycles. The van der Waals surface area contributed by atoms with Gasteiger partial charge in [0, 0.05) is 22.3 Å². The van der Waals surface area contributed by atoms with Crippen molar-refractivity contribution in [1.29, 1.82) is 0 Å². The number of quaternary nitrogens is 1. The number of amides is 2. The van der Waals surface area contributed by atoms with E-state index in [0.717, 1.165) is 51.1 Å². The van der Waals surface area contributed by atoms with Crippen molar-refractivity contribution < 1.29 is 24.3 Å². The Bertz CT molecular complexity index is 1180. The lowest BCUT2D eigenvalue weighted by atomic mass is 9.53. The van der Waals surface area contributed by atoms with Crippen LogP contribution in [0.25, 0.3) is 0 Å². The highest BCUT2D eigenvalue weighted by Gasteiger charge is 2.54. The van der Waals surface area contributed by atoms with Gasteiger partial charge in [0.15, 0.2) is 5.13 Å². The van der Waals surface area contributed by atoms with Gasteiger partial charge in [0.2, 0.25) is 5.91 Å². The number of carbonyl (C=O) groups is 2. The van der Waals surface area contributed by atoms with Crippen molar-refractivity contribution in [3.05, 3.63) is 40.4 Å². The van der Waals surface area contributed by atoms with E-state index in [1.165, 1.54) is 9.78 Å². The van der Waals surface area contributed by atoms with Crippen LogP contribution in [0.15, 0.2) is 24.3 Å². The van der Waals surface area contributed by atoms with Gasteiger partial charge < -0.3 is 19.6 Å². The lowest BCUT2D eigenvalue weighted by Gasteiger charge is -2.53. The molecule has 2 fully saturated rings. The van der Waals surface area contributed by atoms with E-state index in [9.17, 15) is 14.7 Å². The molecule has 6 atom stereocenters. The van der Waals surface area contributed by atoms with E-state index in [-0.39, 0.29) is 40.9 Å². The van der Waals surface area contributed by atoms with Gasteiger partial charge in [-0.25, -0.2) is 4.98 Å². The maximum Gasteiger partial charge on any atom is 0.257 e. The number of methoxy groups -OCH3 is 1. The van der Waals surface area contributed by atoms with Crippen LogP contribution in [0.5, 0.6) is 5.75 Å². The Morgan fingerprint density at radius 3 is 2.61 bits per heavy atom. The average Bonchev–Trinajstić information content (AvgIpc) is 3.30. The van der Waals surface area contributed by atoms with Crippen molar-refractivity contribution in [3.63, 3.8) is 0 Å². The molecule has 1 aliphatic heterocycles. The molecular weight excluding hydrogens is 500 g/mol. The van der Waals surface area contributed by atoms with Crippen molar-refractivity contribution in [1.82, 2.24) is 9.88 Å². The van der Waals surface area contributed by atoms with Gasteiger partial charge in [-0.1, -0.05) is 20.8 Å². The van der Waals surface area contributed by atoms with Crippen LogP contribution in [0, 0.1) is 23.2 Å². The number of aromatic nitrogens is 1. The fraction of sp³-hybridized carbons (Fsp3) is 0.621. The van der Waals surface area contributed by atoms with E-state index in [1.54, 1.807) is 42.7 Å². The summed E-state index contributed by atoms with van der Waals surface area (Å²) in [5.74, 6) is 0.501. The quantitative estimate of drug-likeness (QED) is 0.541. The van der Waals surface area contributed by atoms with Gasteiger partial charge in [0.1, 0.15) is 5.75 Å². The third kappa shape index (κ3) is 4.96. The molecule has 2 heterocycles. The zero-order valence-electron chi connectivity index (χ0n) is 23.1. The van der Waals surface area contributed by atoms with E-state index < -0.39 is 6.10 Å². The zero-order chi connectivity index (χ0) is 27.2. The van der Waals surface area contributed by atoms with Gasteiger partial charge in [-0.2, -0.15) is 0 Å². The third-order valence-electron chi connectivity index (χ3n) is 9.46. The SMILES string of the molecule is COc1ccc(C(=O)Nc2nc3c(s2)C[C@@]2(C)CC[C@@H]([C@H](C)C(=O)N4CC[NH+](C)CC4)[C@H](O)[C@H]2[C@@H]3C)cc1. The van der Waals surface area contributed by atoms with Crippen LogP contribution >= 0.6 is 11.3 Å². The topological polar surface area (TPSA) is 96.2 Å². The number of piperazine rings is 1. The van der Waals surface area contributed by atoms with Gasteiger partial charge in [-0.05, 0) is 60.8 Å². The number of aliphatic hydroxyl groups is 1. The molecule has 0 unspecified atom stereocenters. The average molecular weight is 542 g/mol. The van der Waals surface area contributed by atoms with Gasteiger partial charge >= 0.3 is 0 Å². The molecule has 1 saturated heterocycles. The molecule has 0 radical (unpaired) electrons. The molecule has 5 rings (SSSR count). The molecule has 206 valence electrons. The van der Waals surface area contributed by atoms with Gasteiger partial charge in [0.25, 0.3) is 5.91 Å². The minimum atomic E-state index is -0.562. The van der Waals surface area contributed by atoms with Crippen LogP contribution in [-0.2, 0) is 11.2 Å². The summed E-state index contributed by atoms with van der Waals surface area (Å²) in [6.45, 7) is 9.99. The number of anilines is 1. The Balaban J connectivity index is 1.31. The lowest BCUT2D eigenvalue weighted by Crippen LogP contribution is -3.12. The molecule has 2 aromatic rings. The highest BCUT2D eigenvalue weighted by atomic mass is 32.1. The second-order valence-corrected chi connectivity index (χ2v) is 13.0. The predicted octanol–water partition coefficient (Wildman–Crippen LogP) is 2.45. The molecule has 3 N–H and O–H groups in total. The molecule has 8 nitrogen and oxygen atoms in total. The Kier molecular flexibility index (Phi) is 7.55. The largest absolute Gasteiger partial charge is 0.497 e. The number of hydrogen-bond donors (Lipinski definition) is 3. The Morgan fingerprint density at radius 2 is 1.95 bits per heavy atom. The number of fused-ring (bicyclic) bond motifs is 2. The molecule has 1 aromatic carbocycles. The highest BCUT2D eigenvalue weighted by molar-refractivity contribution is 7.15. The minimum Gasteiger partial charge on any atom is -0.497 e. The summed E-state index contributed by atoms with van der Waals surface area (Å²) in [6.07, 6.45) is 2.09. The fourth-order valence-electron chi connectivity index (χ4n) is 7.09. The van der Waals surface area contributed by atoms with Crippen molar-refractivity contribution in [2.75, 3.05) is 45.7 Å². The first-order valence-corrected chi connectivity index (χ1v) is 14.7. The molecule has 38 heavy (non-hydrogen) atoms. The first-order valence-electron chi connectivity index (χ1n) is 13.8. The molecule has 2 amide bonds. The summed E-state index contributed by atoms with van der Waals surface area (Å²) in [5, 5.41) is 15.3. The van der Waals surface area contributed by atoms with Crippen molar-refractivity contribution in [2.45, 2.75) is 52.1 Å². The molecule has 0 bridgehead atoms. The number of likely N-dealkylation sites (N-methyl/N-ethyl adjacent to an activating group) is 1. The number of nitrogens with one attached hydrogen (secondary N) is 2.